The van der Waals surface area contributed by atoms with Gasteiger partial charge in [-0.1, -0.05) is 83.9 Å². The summed E-state index contributed by atoms with van der Waals surface area (Å²) in [4.78, 5) is 0. The van der Waals surface area contributed by atoms with Gasteiger partial charge >= 0.3 is 0 Å². The van der Waals surface area contributed by atoms with E-state index in [4.69, 9.17) is 19.1 Å². The van der Waals surface area contributed by atoms with Crippen LogP contribution in [0.15, 0.2) is 66.6 Å². The van der Waals surface area contributed by atoms with E-state index in [1.165, 1.54) is 0 Å². The Bertz CT molecular complexity index is 1880. The molecule has 4 aromatic carbocycles. The van der Waals surface area contributed by atoms with Gasteiger partial charge in [-0.05, 0) is 93.1 Å². The van der Waals surface area contributed by atoms with Crippen molar-refractivity contribution in [2.45, 2.75) is 66.1 Å². The van der Waals surface area contributed by atoms with Crippen LogP contribution in [0, 0.1) is 13.8 Å². The number of hydrogen-bond acceptors (Lipinski definition) is 2. The highest BCUT2D eigenvalue weighted by molar-refractivity contribution is 6.98. The average Bonchev–Trinajstić information content (AvgIpc) is 2.92. The molecule has 0 aromatic heterocycles. The molecule has 0 bridgehead atoms. The van der Waals surface area contributed by atoms with Crippen molar-refractivity contribution in [1.82, 2.24) is 0 Å². The summed E-state index contributed by atoms with van der Waals surface area (Å²) in [6, 6.07) is 7.82. The van der Waals surface area contributed by atoms with Gasteiger partial charge in [-0.3, -0.25) is 0 Å². The van der Waals surface area contributed by atoms with Gasteiger partial charge in [0.1, 0.15) is 23.0 Å². The SMILES string of the molecule is [2H]c1c([2H])c(C(C)(C)C)c([2H])c2c1Oc1cc(-c3c(C)cccc3C([2H])([2H])[2H])cc3c1B2c1c([2H])c(C(C)(C)C)c([2H])c([2H])c1O3. The molecular formula is C34H35BO2. The molecule has 4 aromatic rings. The van der Waals surface area contributed by atoms with Crippen LogP contribution in [0.3, 0.4) is 0 Å². The second-order valence-corrected chi connectivity index (χ2v) is 12.0. The van der Waals surface area contributed by atoms with Crippen LogP contribution in [-0.2, 0) is 10.8 Å². The number of hydrogen-bond donors (Lipinski definition) is 0. The van der Waals surface area contributed by atoms with Crippen molar-refractivity contribution in [2.24, 2.45) is 0 Å². The second-order valence-electron chi connectivity index (χ2n) is 12.0. The lowest BCUT2D eigenvalue weighted by atomic mass is 9.34. The maximum absolute atomic E-state index is 9.44. The molecule has 0 saturated carbocycles. The monoisotopic (exact) mass is 495 g/mol. The Balaban J connectivity index is 1.78. The third-order valence-electron chi connectivity index (χ3n) is 7.07. The lowest BCUT2D eigenvalue weighted by molar-refractivity contribution is 0.464. The number of fused-ring (bicyclic) bond motifs is 4. The first-order valence-corrected chi connectivity index (χ1v) is 12.6. The first-order valence-electron chi connectivity index (χ1n) is 17.1. The highest BCUT2D eigenvalue weighted by Gasteiger charge is 2.41. The molecule has 0 atom stereocenters. The van der Waals surface area contributed by atoms with Crippen LogP contribution in [-0.4, -0.2) is 6.71 Å². The minimum Gasteiger partial charge on any atom is -0.458 e. The number of rotatable bonds is 1. The fraction of sp³-hybridized carbons (Fsp3) is 0.294. The first-order chi connectivity index (χ1) is 21.2. The topological polar surface area (TPSA) is 18.5 Å². The van der Waals surface area contributed by atoms with Gasteiger partial charge in [0.2, 0.25) is 0 Å². The summed E-state index contributed by atoms with van der Waals surface area (Å²) in [6.07, 6.45) is 0. The fourth-order valence-electron chi connectivity index (χ4n) is 5.04. The van der Waals surface area contributed by atoms with E-state index in [1.54, 1.807) is 24.3 Å². The maximum Gasteiger partial charge on any atom is 0.260 e. The zero-order valence-corrected chi connectivity index (χ0v) is 22.3. The highest BCUT2D eigenvalue weighted by Crippen LogP contribution is 2.40. The summed E-state index contributed by atoms with van der Waals surface area (Å²) in [7, 11) is 0. The van der Waals surface area contributed by atoms with E-state index < -0.39 is 24.4 Å². The normalized spacial score (nSPS) is 17.6. The lowest BCUT2D eigenvalue weighted by Gasteiger charge is -2.35. The van der Waals surface area contributed by atoms with E-state index in [1.807, 2.05) is 54.5 Å². The molecule has 2 aliphatic rings. The summed E-state index contributed by atoms with van der Waals surface area (Å²) < 4.78 is 92.3. The van der Waals surface area contributed by atoms with Crippen molar-refractivity contribution in [1.29, 1.82) is 0 Å². The Labute approximate surface area is 234 Å². The Hall–Kier alpha value is -3.46. The first kappa shape index (κ1) is 15.7. The van der Waals surface area contributed by atoms with Crippen molar-refractivity contribution < 1.29 is 21.8 Å². The molecule has 0 aliphatic carbocycles. The van der Waals surface area contributed by atoms with Crippen molar-refractivity contribution in [3.05, 3.63) is 88.8 Å². The Morgan fingerprint density at radius 2 is 1.24 bits per heavy atom. The molecule has 0 radical (unpaired) electrons. The Morgan fingerprint density at radius 3 is 1.73 bits per heavy atom. The Kier molecular flexibility index (Phi) is 3.41. The number of ether oxygens (including phenoxy) is 2. The largest absolute Gasteiger partial charge is 0.458 e. The summed E-state index contributed by atoms with van der Waals surface area (Å²) >= 11 is 0. The predicted molar refractivity (Wildman–Crippen MR) is 156 cm³/mol. The van der Waals surface area contributed by atoms with Gasteiger partial charge < -0.3 is 9.47 Å². The molecule has 0 N–H and O–H groups in total. The minimum absolute atomic E-state index is 0.00969. The van der Waals surface area contributed by atoms with Crippen LogP contribution < -0.4 is 25.9 Å². The molecule has 0 amide bonds. The van der Waals surface area contributed by atoms with E-state index in [0.29, 0.717) is 44.2 Å². The van der Waals surface area contributed by atoms with Crippen LogP contribution in [0.5, 0.6) is 23.0 Å². The fourth-order valence-corrected chi connectivity index (χ4v) is 5.04. The van der Waals surface area contributed by atoms with E-state index >= 15 is 0 Å². The molecule has 2 heterocycles. The van der Waals surface area contributed by atoms with E-state index in [2.05, 4.69) is 0 Å². The van der Waals surface area contributed by atoms with Crippen molar-refractivity contribution in [3.8, 4) is 34.1 Å². The smallest absolute Gasteiger partial charge is 0.260 e. The van der Waals surface area contributed by atoms with Crippen LogP contribution in [0.4, 0.5) is 0 Å². The maximum atomic E-state index is 9.44. The van der Waals surface area contributed by atoms with Gasteiger partial charge in [-0.2, -0.15) is 0 Å². The van der Waals surface area contributed by atoms with Crippen LogP contribution >= 0.6 is 0 Å². The Morgan fingerprint density at radius 1 is 0.730 bits per heavy atom. The molecule has 0 saturated heterocycles. The van der Waals surface area contributed by atoms with Crippen LogP contribution in [0.2, 0.25) is 0 Å². The molecule has 2 nitrogen and oxygen atoms in total. The quantitative estimate of drug-likeness (QED) is 0.223. The van der Waals surface area contributed by atoms with Gasteiger partial charge in [0.15, 0.2) is 0 Å². The zero-order valence-electron chi connectivity index (χ0n) is 31.3. The van der Waals surface area contributed by atoms with Crippen molar-refractivity contribution >= 4 is 23.1 Å². The highest BCUT2D eigenvalue weighted by atomic mass is 16.5. The summed E-state index contributed by atoms with van der Waals surface area (Å²) in [5.74, 6) is 0.528. The van der Waals surface area contributed by atoms with Gasteiger partial charge in [-0.15, -0.1) is 0 Å². The molecule has 186 valence electrons. The minimum atomic E-state index is -2.42. The zero-order chi connectivity index (χ0) is 34.0. The van der Waals surface area contributed by atoms with Gasteiger partial charge in [0.25, 0.3) is 6.71 Å². The molecule has 3 heteroatoms. The average molecular weight is 496 g/mol. The predicted octanol–water partition coefficient (Wildman–Crippen LogP) is 7.29. The van der Waals surface area contributed by atoms with Gasteiger partial charge in [0, 0.05) is 9.58 Å². The number of benzene rings is 4. The molecule has 0 unspecified atom stereocenters. The standard InChI is InChI=1S/C34H35BO2/c1-20-10-9-11-21(2)31(20)22-16-29-32-30(17-22)37-28-15-13-24(34(6,7)8)19-26(28)35(32)25-18-23(33(3,4)5)12-14-27(25)36-29/h9-19H,1-8H3/i1D3,12D,13D,14D,15D,18D,19D. The summed E-state index contributed by atoms with van der Waals surface area (Å²) in [5.41, 5.74) is 2.30. The summed E-state index contributed by atoms with van der Waals surface area (Å²) in [6.45, 7) is 9.79. The molecule has 2 aliphatic heterocycles. The van der Waals surface area contributed by atoms with Crippen LogP contribution in [0.1, 0.15) is 76.1 Å². The van der Waals surface area contributed by atoms with E-state index in [-0.39, 0.29) is 64.8 Å². The third-order valence-corrected chi connectivity index (χ3v) is 7.07. The van der Waals surface area contributed by atoms with Crippen molar-refractivity contribution in [3.63, 3.8) is 0 Å². The van der Waals surface area contributed by atoms with E-state index in [9.17, 15) is 2.74 Å². The molecule has 37 heavy (non-hydrogen) atoms. The molecule has 0 fully saturated rings. The molecule has 6 rings (SSSR count). The number of aryl methyl sites for hydroxylation is 2. The van der Waals surface area contributed by atoms with Crippen LogP contribution in [0.25, 0.3) is 11.1 Å². The molecule has 0 spiro atoms. The van der Waals surface area contributed by atoms with Crippen molar-refractivity contribution in [2.75, 3.05) is 0 Å². The van der Waals surface area contributed by atoms with Gasteiger partial charge in [-0.25, -0.2) is 0 Å². The lowest BCUT2D eigenvalue weighted by Crippen LogP contribution is -2.57. The molecular weight excluding hydrogens is 451 g/mol. The second kappa shape index (κ2) is 8.02. The van der Waals surface area contributed by atoms with Gasteiger partial charge in [0.05, 0.1) is 8.22 Å². The van der Waals surface area contributed by atoms with E-state index in [0.717, 1.165) is 0 Å². The summed E-state index contributed by atoms with van der Waals surface area (Å²) in [5, 5.41) is 0. The third kappa shape index (κ3) is 3.87.